The quantitative estimate of drug-likeness (QED) is 0.692. The van der Waals surface area contributed by atoms with Crippen molar-refractivity contribution in [3.05, 3.63) is 42.6 Å². The molecule has 10 nitrogen and oxygen atoms in total. The average molecular weight is 404 g/mol. The second kappa shape index (κ2) is 7.24. The molecule has 0 radical (unpaired) electrons. The van der Waals surface area contributed by atoms with E-state index in [0.717, 1.165) is 0 Å². The molecule has 1 N–H and O–H groups in total. The largest absolute Gasteiger partial charge is 0.442 e. The summed E-state index contributed by atoms with van der Waals surface area (Å²) < 4.78 is 34.5. The number of rotatable bonds is 4. The lowest BCUT2D eigenvalue weighted by Gasteiger charge is -2.21. The van der Waals surface area contributed by atoms with E-state index in [-0.39, 0.29) is 17.5 Å². The van der Waals surface area contributed by atoms with E-state index in [2.05, 4.69) is 15.2 Å². The van der Waals surface area contributed by atoms with Crippen LogP contribution in [0.1, 0.15) is 16.9 Å². The normalized spacial score (nSPS) is 16.2. The Bertz CT molecular complexity index is 1070. The van der Waals surface area contributed by atoms with Crippen LogP contribution < -0.4 is 0 Å². The van der Waals surface area contributed by atoms with Crippen molar-refractivity contribution in [3.8, 4) is 11.5 Å². The number of amides is 1. The topological polar surface area (TPSA) is 117 Å². The van der Waals surface area contributed by atoms with Crippen LogP contribution in [0.3, 0.4) is 0 Å². The van der Waals surface area contributed by atoms with Gasteiger partial charge in [0.05, 0.1) is 12.5 Å². The minimum Gasteiger partial charge on any atom is -0.442 e. The number of aryl methyl sites for hydroxylation is 1. The lowest BCUT2D eigenvalue weighted by Crippen LogP contribution is -2.37. The van der Waals surface area contributed by atoms with Gasteiger partial charge in [0.1, 0.15) is 11.4 Å². The van der Waals surface area contributed by atoms with E-state index in [0.29, 0.717) is 43.2 Å². The number of hydrogen-bond donors (Lipinski definition) is 1. The van der Waals surface area contributed by atoms with Crippen LogP contribution in [0.2, 0.25) is 0 Å². The zero-order valence-electron chi connectivity index (χ0n) is 15.3. The van der Waals surface area contributed by atoms with Crippen LogP contribution in [0.4, 0.5) is 0 Å². The smallest absolute Gasteiger partial charge is 0.276 e. The zero-order chi connectivity index (χ0) is 19.7. The molecule has 1 aliphatic rings. The van der Waals surface area contributed by atoms with Crippen molar-refractivity contribution in [1.82, 2.24) is 29.0 Å². The molecule has 1 aliphatic heterocycles. The number of furan rings is 1. The summed E-state index contributed by atoms with van der Waals surface area (Å²) in [5.41, 5.74) is 1.08. The van der Waals surface area contributed by atoms with Crippen LogP contribution in [0.15, 0.2) is 46.4 Å². The van der Waals surface area contributed by atoms with E-state index in [1.165, 1.54) is 16.6 Å². The fraction of sp³-hybridized carbons (Fsp3) is 0.353. The number of sulfonamides is 1. The number of carbonyl (C=O) groups is 1. The highest BCUT2D eigenvalue weighted by molar-refractivity contribution is 7.89. The number of aromatic nitrogens is 4. The van der Waals surface area contributed by atoms with Gasteiger partial charge in [0, 0.05) is 39.4 Å². The summed E-state index contributed by atoms with van der Waals surface area (Å²) in [6.07, 6.45) is 5.18. The van der Waals surface area contributed by atoms with Crippen molar-refractivity contribution in [3.63, 3.8) is 0 Å². The van der Waals surface area contributed by atoms with Gasteiger partial charge in [0.15, 0.2) is 5.76 Å². The van der Waals surface area contributed by atoms with Crippen LogP contribution in [0, 0.1) is 0 Å². The maximum absolute atomic E-state index is 13.0. The number of nitrogens with one attached hydrogen (secondary N) is 1. The fourth-order valence-electron chi connectivity index (χ4n) is 3.19. The van der Waals surface area contributed by atoms with Gasteiger partial charge in [-0.3, -0.25) is 9.89 Å². The average Bonchev–Trinajstić information content (AvgIpc) is 3.40. The van der Waals surface area contributed by atoms with Gasteiger partial charge in [-0.2, -0.15) is 9.40 Å². The molecule has 0 aliphatic carbocycles. The summed E-state index contributed by atoms with van der Waals surface area (Å²) >= 11 is 0. The summed E-state index contributed by atoms with van der Waals surface area (Å²) in [4.78, 5) is 18.3. The Morgan fingerprint density at radius 1 is 1.18 bits per heavy atom. The Morgan fingerprint density at radius 3 is 2.75 bits per heavy atom. The molecule has 28 heavy (non-hydrogen) atoms. The molecule has 1 amide bonds. The second-order valence-corrected chi connectivity index (χ2v) is 8.40. The first kappa shape index (κ1) is 18.4. The van der Waals surface area contributed by atoms with Crippen LogP contribution in [0.5, 0.6) is 0 Å². The minimum atomic E-state index is -3.79. The van der Waals surface area contributed by atoms with Crippen LogP contribution in [-0.2, 0) is 17.1 Å². The third kappa shape index (κ3) is 3.34. The summed E-state index contributed by atoms with van der Waals surface area (Å²) in [5, 5.41) is 6.45. The molecule has 1 saturated heterocycles. The van der Waals surface area contributed by atoms with Gasteiger partial charge in [-0.15, -0.1) is 0 Å². The molecule has 3 aromatic rings. The number of hydrogen-bond acceptors (Lipinski definition) is 6. The fourth-order valence-corrected chi connectivity index (χ4v) is 4.57. The predicted octanol–water partition coefficient (Wildman–Crippen LogP) is 0.940. The molecule has 0 unspecified atom stereocenters. The van der Waals surface area contributed by atoms with Gasteiger partial charge in [-0.05, 0) is 24.6 Å². The molecule has 11 heteroatoms. The molecule has 4 heterocycles. The van der Waals surface area contributed by atoms with E-state index >= 15 is 0 Å². The van der Waals surface area contributed by atoms with E-state index in [1.807, 2.05) is 0 Å². The Kier molecular flexibility index (Phi) is 4.77. The molecule has 0 aromatic carbocycles. The van der Waals surface area contributed by atoms with Crippen LogP contribution in [0.25, 0.3) is 11.5 Å². The minimum absolute atomic E-state index is 0.122. The number of nitrogens with zero attached hydrogens (tertiary/aromatic N) is 5. The van der Waals surface area contributed by atoms with E-state index < -0.39 is 10.0 Å². The first-order chi connectivity index (χ1) is 13.5. The van der Waals surface area contributed by atoms with Gasteiger partial charge >= 0.3 is 0 Å². The summed E-state index contributed by atoms with van der Waals surface area (Å²) in [6, 6.07) is 4.73. The highest BCUT2D eigenvalue weighted by atomic mass is 32.2. The number of imidazole rings is 1. The zero-order valence-corrected chi connectivity index (χ0v) is 16.1. The van der Waals surface area contributed by atoms with Gasteiger partial charge in [0.2, 0.25) is 5.09 Å². The Hall–Kier alpha value is -2.92. The number of H-pyrrole nitrogens is 1. The molecule has 1 fully saturated rings. The van der Waals surface area contributed by atoms with Crippen molar-refractivity contribution < 1.29 is 17.6 Å². The third-order valence-electron chi connectivity index (χ3n) is 4.72. The molecule has 0 bridgehead atoms. The van der Waals surface area contributed by atoms with E-state index in [9.17, 15) is 13.2 Å². The molecular weight excluding hydrogens is 384 g/mol. The first-order valence-corrected chi connectivity index (χ1v) is 10.3. The standard InChI is InChI=1S/C17H20N6O4S/c1-21-12-18-11-14(21)17(24)22-7-2-8-23(10-9-22)28(25,26)16-4-3-15(27-16)13-5-6-19-20-13/h3-6,11-12H,2,7-10H2,1H3,(H,19,20). The molecule has 3 aromatic heterocycles. The number of carbonyl (C=O) groups excluding carboxylic acids is 1. The molecule has 148 valence electrons. The SMILES string of the molecule is Cn1cncc1C(=O)N1CCCN(S(=O)(=O)c2ccc(-c3ccn[nH]3)o2)CC1. The van der Waals surface area contributed by atoms with Crippen molar-refractivity contribution in [2.24, 2.45) is 7.05 Å². The Labute approximate surface area is 161 Å². The molecule has 0 saturated carbocycles. The van der Waals surface area contributed by atoms with Gasteiger partial charge in [-0.1, -0.05) is 0 Å². The van der Waals surface area contributed by atoms with Gasteiger partial charge < -0.3 is 13.9 Å². The molecule has 0 atom stereocenters. The summed E-state index contributed by atoms with van der Waals surface area (Å²) in [6.45, 7) is 1.30. The maximum Gasteiger partial charge on any atom is 0.276 e. The highest BCUT2D eigenvalue weighted by Crippen LogP contribution is 2.25. The van der Waals surface area contributed by atoms with Crippen LogP contribution >= 0.6 is 0 Å². The van der Waals surface area contributed by atoms with Crippen molar-refractivity contribution in [1.29, 1.82) is 0 Å². The van der Waals surface area contributed by atoms with Gasteiger partial charge in [0.25, 0.3) is 15.9 Å². The highest BCUT2D eigenvalue weighted by Gasteiger charge is 2.31. The van der Waals surface area contributed by atoms with Gasteiger partial charge in [-0.25, -0.2) is 13.4 Å². The summed E-state index contributed by atoms with van der Waals surface area (Å²) in [7, 11) is -2.04. The lowest BCUT2D eigenvalue weighted by atomic mass is 10.3. The van der Waals surface area contributed by atoms with Crippen LogP contribution in [-0.4, -0.2) is 69.5 Å². The number of aromatic amines is 1. The van der Waals surface area contributed by atoms with E-state index in [1.54, 1.807) is 41.2 Å². The first-order valence-electron chi connectivity index (χ1n) is 8.82. The monoisotopic (exact) mass is 404 g/mol. The maximum atomic E-state index is 13.0. The van der Waals surface area contributed by atoms with Crippen molar-refractivity contribution >= 4 is 15.9 Å². The molecular formula is C17H20N6O4S. The molecule has 0 spiro atoms. The third-order valence-corrected chi connectivity index (χ3v) is 6.49. The molecule has 4 rings (SSSR count). The lowest BCUT2D eigenvalue weighted by molar-refractivity contribution is 0.0754. The summed E-state index contributed by atoms with van der Waals surface area (Å²) in [5.74, 6) is 0.248. The van der Waals surface area contributed by atoms with Crippen molar-refractivity contribution in [2.45, 2.75) is 11.5 Å². The Morgan fingerprint density at radius 2 is 2.04 bits per heavy atom. The second-order valence-electron chi connectivity index (χ2n) is 6.53. The van der Waals surface area contributed by atoms with E-state index in [4.69, 9.17) is 4.42 Å². The predicted molar refractivity (Wildman–Crippen MR) is 98.8 cm³/mol. The van der Waals surface area contributed by atoms with Crippen molar-refractivity contribution in [2.75, 3.05) is 26.2 Å². The Balaban J connectivity index is 1.49.